The Morgan fingerprint density at radius 2 is 1.59 bits per heavy atom. The summed E-state index contributed by atoms with van der Waals surface area (Å²) in [5.74, 6) is -0.432. The number of aromatic nitrogens is 1. The minimum atomic E-state index is -4.22. The fraction of sp³-hybridized carbons (Fsp3) is 0.174. The fourth-order valence-corrected chi connectivity index (χ4v) is 3.99. The topological polar surface area (TPSA) is 117 Å². The second kappa shape index (κ2) is 10.6. The monoisotopic (exact) mass is 459 g/mol. The minimum absolute atomic E-state index is 0. The van der Waals surface area contributed by atoms with E-state index in [1.807, 2.05) is 60.7 Å². The molecule has 4 rings (SSSR count). The molecule has 0 saturated heterocycles. The van der Waals surface area contributed by atoms with Crippen molar-refractivity contribution in [2.75, 3.05) is 23.4 Å². The zero-order valence-electron chi connectivity index (χ0n) is 17.7. The Kier molecular flexibility index (Phi) is 8.10. The molecule has 0 aliphatic carbocycles. The van der Waals surface area contributed by atoms with Crippen molar-refractivity contribution in [1.82, 2.24) is 4.98 Å². The van der Waals surface area contributed by atoms with Gasteiger partial charge in [0.2, 0.25) is 0 Å². The molecule has 0 atom stereocenters. The van der Waals surface area contributed by atoms with Gasteiger partial charge in [0.25, 0.3) is 0 Å². The molecule has 0 fully saturated rings. The van der Waals surface area contributed by atoms with Crippen molar-refractivity contribution in [1.29, 1.82) is 0 Å². The van der Waals surface area contributed by atoms with Gasteiger partial charge < -0.3 is 20.3 Å². The summed E-state index contributed by atoms with van der Waals surface area (Å²) >= 11 is 0. The molecular weight excluding hydrogens is 437 g/mol. The van der Waals surface area contributed by atoms with Crippen LogP contribution in [0.25, 0.3) is 21.8 Å². The van der Waals surface area contributed by atoms with E-state index < -0.39 is 15.9 Å². The zero-order valence-corrected chi connectivity index (χ0v) is 20.6. The number of fused-ring (bicyclic) bond motifs is 2. The number of ether oxygens (including phenoxy) is 1. The first-order valence-electron chi connectivity index (χ1n) is 9.84. The molecule has 9 heteroatoms. The third-order valence-electron chi connectivity index (χ3n) is 4.82. The molecule has 4 aromatic rings. The maximum Gasteiger partial charge on any atom is 1.00 e. The van der Waals surface area contributed by atoms with E-state index in [0.29, 0.717) is 5.69 Å². The molecule has 3 aromatic carbocycles. The molecule has 1 heterocycles. The van der Waals surface area contributed by atoms with Gasteiger partial charge in [0.15, 0.2) is 0 Å². The first-order chi connectivity index (χ1) is 14.9. The van der Waals surface area contributed by atoms with Crippen molar-refractivity contribution in [3.63, 3.8) is 0 Å². The molecule has 0 radical (unpaired) electrons. The van der Waals surface area contributed by atoms with Crippen molar-refractivity contribution in [3.05, 3.63) is 72.3 Å². The molecule has 32 heavy (non-hydrogen) atoms. The van der Waals surface area contributed by atoms with E-state index in [1.165, 1.54) is 0 Å². The molecule has 0 spiro atoms. The molecule has 3 N–H and O–H groups in total. The molecule has 160 valence electrons. The van der Waals surface area contributed by atoms with Crippen LogP contribution in [0.3, 0.4) is 0 Å². The number of benzene rings is 3. The number of hydrogen-bond donors (Lipinski definition) is 2. The summed E-state index contributed by atoms with van der Waals surface area (Å²) in [4.78, 5) is 4.74. The van der Waals surface area contributed by atoms with E-state index in [2.05, 4.69) is 5.32 Å². The van der Waals surface area contributed by atoms with Crippen LogP contribution >= 0.6 is 0 Å². The molecule has 7 nitrogen and oxygen atoms in total. The van der Waals surface area contributed by atoms with Gasteiger partial charge >= 0.3 is 29.6 Å². The Morgan fingerprint density at radius 1 is 0.969 bits per heavy atom. The van der Waals surface area contributed by atoms with Crippen molar-refractivity contribution in [2.45, 2.75) is 13.0 Å². The minimum Gasteiger partial charge on any atom is -0.748 e. The smallest absolute Gasteiger partial charge is 0.748 e. The van der Waals surface area contributed by atoms with Crippen molar-refractivity contribution >= 4 is 49.0 Å². The van der Waals surface area contributed by atoms with Crippen LogP contribution in [-0.2, 0) is 21.5 Å². The fourth-order valence-electron chi connectivity index (χ4n) is 3.52. The summed E-state index contributed by atoms with van der Waals surface area (Å²) in [7, 11) is -4.22. The second-order valence-electron chi connectivity index (χ2n) is 7.28. The standard InChI is InChI=1S/C23H23N3O4S.Na/c24-17-12-16(15-30-10-5-11-31(27,28)29)13-18(14-17)25-23-19-6-1-3-8-21(19)26-22-9-4-2-7-20(22)23;/h1-4,6-9,12-14H,5,10-11,15,24H2,(H,25,26)(H,27,28,29);/q;+1/p-1. The van der Waals surface area contributed by atoms with E-state index in [0.717, 1.165) is 38.7 Å². The number of para-hydroxylation sites is 2. The average Bonchev–Trinajstić information content (AvgIpc) is 2.72. The summed E-state index contributed by atoms with van der Waals surface area (Å²) < 4.78 is 37.5. The molecule has 0 aliphatic heterocycles. The number of nitrogens with two attached hydrogens (primary N) is 1. The second-order valence-corrected chi connectivity index (χ2v) is 8.80. The van der Waals surface area contributed by atoms with Crippen LogP contribution in [0.4, 0.5) is 17.1 Å². The van der Waals surface area contributed by atoms with E-state index in [1.54, 1.807) is 6.07 Å². The molecule has 0 amide bonds. The number of nitrogen functional groups attached to an aromatic ring is 1. The maximum absolute atomic E-state index is 10.7. The zero-order chi connectivity index (χ0) is 21.8. The van der Waals surface area contributed by atoms with Gasteiger partial charge in [0.05, 0.1) is 33.4 Å². The van der Waals surface area contributed by atoms with Gasteiger partial charge in [-0.25, -0.2) is 13.4 Å². The van der Waals surface area contributed by atoms with Crippen molar-refractivity contribution in [2.24, 2.45) is 0 Å². The molecular formula is C23H22N3NaO4S. The molecule has 1 aromatic heterocycles. The van der Waals surface area contributed by atoms with E-state index in [-0.39, 0.29) is 49.2 Å². The Morgan fingerprint density at radius 3 is 2.22 bits per heavy atom. The van der Waals surface area contributed by atoms with E-state index in [9.17, 15) is 13.0 Å². The van der Waals surface area contributed by atoms with Crippen LogP contribution in [0, 0.1) is 0 Å². The largest absolute Gasteiger partial charge is 1.00 e. The third kappa shape index (κ3) is 6.19. The SMILES string of the molecule is Nc1cc(COCCCS(=O)(=O)[O-])cc(Nc2c3ccccc3nc3ccccc23)c1.[Na+]. The normalized spacial score (nSPS) is 11.4. The summed E-state index contributed by atoms with van der Waals surface area (Å²) in [6.45, 7) is 0.440. The van der Waals surface area contributed by atoms with Crippen LogP contribution in [0.2, 0.25) is 0 Å². The van der Waals surface area contributed by atoms with Crippen LogP contribution < -0.4 is 40.6 Å². The Labute approximate surface area is 209 Å². The van der Waals surface area contributed by atoms with E-state index >= 15 is 0 Å². The third-order valence-corrected chi connectivity index (χ3v) is 5.61. The first kappa shape index (κ1) is 24.4. The van der Waals surface area contributed by atoms with Gasteiger partial charge in [-0.1, -0.05) is 36.4 Å². The quantitative estimate of drug-likeness (QED) is 0.134. The van der Waals surface area contributed by atoms with Gasteiger partial charge in [-0.15, -0.1) is 0 Å². The number of rotatable bonds is 8. The summed E-state index contributed by atoms with van der Waals surface area (Å²) in [6, 6.07) is 21.5. The Hall–Kier alpha value is -2.20. The van der Waals surface area contributed by atoms with Gasteiger partial charge in [-0.3, -0.25) is 0 Å². The van der Waals surface area contributed by atoms with Crippen LogP contribution in [-0.4, -0.2) is 30.3 Å². The Bertz CT molecular complexity index is 1290. The van der Waals surface area contributed by atoms with Crippen LogP contribution in [0.5, 0.6) is 0 Å². The van der Waals surface area contributed by atoms with Crippen molar-refractivity contribution < 1.29 is 47.3 Å². The van der Waals surface area contributed by atoms with Gasteiger partial charge in [-0.2, -0.15) is 0 Å². The molecule has 0 bridgehead atoms. The first-order valence-corrected chi connectivity index (χ1v) is 11.4. The van der Waals surface area contributed by atoms with Gasteiger partial charge in [0.1, 0.15) is 0 Å². The number of anilines is 3. The van der Waals surface area contributed by atoms with Crippen LogP contribution in [0.15, 0.2) is 66.7 Å². The predicted octanol–water partition coefficient (Wildman–Crippen LogP) is 1.17. The van der Waals surface area contributed by atoms with E-state index in [4.69, 9.17) is 15.5 Å². The van der Waals surface area contributed by atoms with Crippen LogP contribution in [0.1, 0.15) is 12.0 Å². The summed E-state index contributed by atoms with van der Waals surface area (Å²) in [6.07, 6.45) is 0.161. The number of nitrogens with zero attached hydrogens (tertiary/aromatic N) is 1. The molecule has 0 aliphatic rings. The molecule has 0 saturated carbocycles. The van der Waals surface area contributed by atoms with Gasteiger partial charge in [0, 0.05) is 34.5 Å². The summed E-state index contributed by atoms with van der Waals surface area (Å²) in [5, 5.41) is 5.50. The maximum atomic E-state index is 10.7. The molecule has 0 unspecified atom stereocenters. The number of nitrogens with one attached hydrogen (secondary N) is 1. The number of pyridine rings is 1. The summed E-state index contributed by atoms with van der Waals surface area (Å²) in [5.41, 5.74) is 11.1. The predicted molar refractivity (Wildman–Crippen MR) is 122 cm³/mol. The Balaban J connectivity index is 0.00000289. The number of hydrogen-bond acceptors (Lipinski definition) is 7. The van der Waals surface area contributed by atoms with Crippen molar-refractivity contribution in [3.8, 4) is 0 Å². The average molecular weight is 460 g/mol. The van der Waals surface area contributed by atoms with Gasteiger partial charge in [-0.05, 0) is 42.3 Å².